The minimum absolute atomic E-state index is 0.0584. The van der Waals surface area contributed by atoms with Crippen LogP contribution in [0.25, 0.3) is 6.08 Å². The second-order valence-corrected chi connectivity index (χ2v) is 3.18. The summed E-state index contributed by atoms with van der Waals surface area (Å²) in [7, 11) is 1.82. The van der Waals surface area contributed by atoms with Crippen molar-refractivity contribution in [1.82, 2.24) is 4.98 Å². The van der Waals surface area contributed by atoms with Crippen LogP contribution in [-0.4, -0.2) is 17.1 Å². The van der Waals surface area contributed by atoms with Gasteiger partial charge in [0.05, 0.1) is 12.3 Å². The first-order valence-corrected chi connectivity index (χ1v) is 4.56. The van der Waals surface area contributed by atoms with E-state index in [1.165, 1.54) is 0 Å². The maximum Gasteiger partial charge on any atom is 0.129 e. The molecule has 76 valence electrons. The van der Waals surface area contributed by atoms with E-state index in [2.05, 4.69) is 16.9 Å². The SMILES string of the molecule is C=Cc1c(CO)nc(NC)c(C)c1C. The third-order valence-electron chi connectivity index (χ3n) is 2.47. The molecule has 0 fully saturated rings. The highest BCUT2D eigenvalue weighted by molar-refractivity contribution is 5.61. The second-order valence-electron chi connectivity index (χ2n) is 3.18. The fourth-order valence-corrected chi connectivity index (χ4v) is 1.51. The summed E-state index contributed by atoms with van der Waals surface area (Å²) < 4.78 is 0. The molecular formula is C11H16N2O. The Hall–Kier alpha value is -1.35. The third kappa shape index (κ3) is 1.63. The predicted molar refractivity (Wildman–Crippen MR) is 59.3 cm³/mol. The first-order chi connectivity index (χ1) is 6.65. The normalized spacial score (nSPS) is 10.0. The van der Waals surface area contributed by atoms with Crippen LogP contribution in [0.4, 0.5) is 5.82 Å². The quantitative estimate of drug-likeness (QED) is 0.768. The highest BCUT2D eigenvalue weighted by Gasteiger charge is 2.10. The molecule has 0 amide bonds. The highest BCUT2D eigenvalue weighted by atomic mass is 16.3. The van der Waals surface area contributed by atoms with Crippen LogP contribution in [-0.2, 0) is 6.61 Å². The number of hydrogen-bond donors (Lipinski definition) is 2. The molecule has 1 aromatic heterocycles. The average Bonchev–Trinajstić information content (AvgIpc) is 2.21. The monoisotopic (exact) mass is 192 g/mol. The summed E-state index contributed by atoms with van der Waals surface area (Å²) in [6, 6.07) is 0. The summed E-state index contributed by atoms with van der Waals surface area (Å²) >= 11 is 0. The molecule has 0 spiro atoms. The van der Waals surface area contributed by atoms with Gasteiger partial charge in [-0.1, -0.05) is 12.7 Å². The van der Waals surface area contributed by atoms with Crippen molar-refractivity contribution in [3.8, 4) is 0 Å². The van der Waals surface area contributed by atoms with Crippen LogP contribution in [0.3, 0.4) is 0 Å². The number of aliphatic hydroxyl groups is 1. The fourth-order valence-electron chi connectivity index (χ4n) is 1.51. The Morgan fingerprint density at radius 2 is 2.07 bits per heavy atom. The Bertz CT molecular complexity index is 359. The molecule has 0 aliphatic rings. The molecule has 14 heavy (non-hydrogen) atoms. The van der Waals surface area contributed by atoms with E-state index in [0.717, 1.165) is 22.5 Å². The zero-order valence-corrected chi connectivity index (χ0v) is 8.89. The molecule has 1 heterocycles. The highest BCUT2D eigenvalue weighted by Crippen LogP contribution is 2.23. The number of rotatable bonds is 3. The second kappa shape index (κ2) is 4.24. The third-order valence-corrected chi connectivity index (χ3v) is 2.47. The Morgan fingerprint density at radius 3 is 2.50 bits per heavy atom. The van der Waals surface area contributed by atoms with Crippen molar-refractivity contribution in [3.05, 3.63) is 29.0 Å². The van der Waals surface area contributed by atoms with Crippen LogP contribution in [0.15, 0.2) is 6.58 Å². The van der Waals surface area contributed by atoms with E-state index in [0.29, 0.717) is 5.69 Å². The van der Waals surface area contributed by atoms with Crippen LogP contribution < -0.4 is 5.32 Å². The lowest BCUT2D eigenvalue weighted by molar-refractivity contribution is 0.276. The lowest BCUT2D eigenvalue weighted by atomic mass is 10.0. The molecule has 3 nitrogen and oxygen atoms in total. The van der Waals surface area contributed by atoms with Crippen molar-refractivity contribution in [3.63, 3.8) is 0 Å². The van der Waals surface area contributed by atoms with Gasteiger partial charge in [0.1, 0.15) is 5.82 Å². The Labute approximate surface area is 84.5 Å². The standard InChI is InChI=1S/C11H16N2O/c1-5-9-7(2)8(3)11(12-4)13-10(9)6-14/h5,14H,1,6H2,2-4H3,(H,12,13). The number of pyridine rings is 1. The topological polar surface area (TPSA) is 45.2 Å². The van der Waals surface area contributed by atoms with Gasteiger partial charge in [-0.15, -0.1) is 0 Å². The van der Waals surface area contributed by atoms with Gasteiger partial charge in [0.2, 0.25) is 0 Å². The number of aliphatic hydroxyl groups excluding tert-OH is 1. The first kappa shape index (κ1) is 10.7. The maximum atomic E-state index is 9.15. The van der Waals surface area contributed by atoms with E-state index in [1.807, 2.05) is 20.9 Å². The number of nitrogens with zero attached hydrogens (tertiary/aromatic N) is 1. The van der Waals surface area contributed by atoms with Gasteiger partial charge in [0, 0.05) is 12.6 Å². The zero-order valence-electron chi connectivity index (χ0n) is 8.89. The number of nitrogens with one attached hydrogen (secondary N) is 1. The largest absolute Gasteiger partial charge is 0.390 e. The van der Waals surface area contributed by atoms with Crippen molar-refractivity contribution in [2.45, 2.75) is 20.5 Å². The van der Waals surface area contributed by atoms with E-state index in [-0.39, 0.29) is 6.61 Å². The van der Waals surface area contributed by atoms with Crippen LogP contribution >= 0.6 is 0 Å². The molecule has 1 aromatic rings. The summed E-state index contributed by atoms with van der Waals surface area (Å²) in [6.07, 6.45) is 1.74. The van der Waals surface area contributed by atoms with Crippen LogP contribution in [0, 0.1) is 13.8 Å². The first-order valence-electron chi connectivity index (χ1n) is 4.56. The molecule has 0 aliphatic carbocycles. The van der Waals surface area contributed by atoms with Gasteiger partial charge >= 0.3 is 0 Å². The van der Waals surface area contributed by atoms with Gasteiger partial charge in [-0.3, -0.25) is 0 Å². The molecule has 0 saturated heterocycles. The van der Waals surface area contributed by atoms with E-state index < -0.39 is 0 Å². The maximum absolute atomic E-state index is 9.15. The summed E-state index contributed by atoms with van der Waals surface area (Å²) in [6.45, 7) is 7.68. The molecule has 0 aliphatic heterocycles. The number of aromatic nitrogens is 1. The summed E-state index contributed by atoms with van der Waals surface area (Å²) in [5.74, 6) is 0.817. The smallest absolute Gasteiger partial charge is 0.129 e. The van der Waals surface area contributed by atoms with Crippen LogP contribution in [0.2, 0.25) is 0 Å². The number of hydrogen-bond acceptors (Lipinski definition) is 3. The molecule has 0 radical (unpaired) electrons. The lowest BCUT2D eigenvalue weighted by Gasteiger charge is -2.13. The summed E-state index contributed by atoms with van der Waals surface area (Å²) in [4.78, 5) is 4.31. The van der Waals surface area contributed by atoms with Crippen molar-refractivity contribution < 1.29 is 5.11 Å². The molecule has 2 N–H and O–H groups in total. The van der Waals surface area contributed by atoms with Gasteiger partial charge in [-0.2, -0.15) is 0 Å². The van der Waals surface area contributed by atoms with Gasteiger partial charge in [0.15, 0.2) is 0 Å². The summed E-state index contributed by atoms with van der Waals surface area (Å²) in [5, 5.41) is 12.2. The van der Waals surface area contributed by atoms with Gasteiger partial charge in [-0.05, 0) is 25.0 Å². The fraction of sp³-hybridized carbons (Fsp3) is 0.364. The Kier molecular flexibility index (Phi) is 3.25. The van der Waals surface area contributed by atoms with E-state index in [1.54, 1.807) is 6.08 Å². The van der Waals surface area contributed by atoms with Crippen molar-refractivity contribution >= 4 is 11.9 Å². The molecule has 0 bridgehead atoms. The van der Waals surface area contributed by atoms with E-state index in [9.17, 15) is 0 Å². The minimum Gasteiger partial charge on any atom is -0.390 e. The summed E-state index contributed by atoms with van der Waals surface area (Å²) in [5.41, 5.74) is 3.82. The number of anilines is 1. The average molecular weight is 192 g/mol. The van der Waals surface area contributed by atoms with Crippen molar-refractivity contribution in [1.29, 1.82) is 0 Å². The molecule has 0 aromatic carbocycles. The predicted octanol–water partition coefficient (Wildman–Crippen LogP) is 1.88. The van der Waals surface area contributed by atoms with E-state index in [4.69, 9.17) is 5.11 Å². The Balaban J connectivity index is 3.45. The molecule has 3 heteroatoms. The van der Waals surface area contributed by atoms with Crippen molar-refractivity contribution in [2.75, 3.05) is 12.4 Å². The molecule has 0 saturated carbocycles. The van der Waals surface area contributed by atoms with E-state index >= 15 is 0 Å². The van der Waals surface area contributed by atoms with Gasteiger partial charge in [0.25, 0.3) is 0 Å². The zero-order chi connectivity index (χ0) is 10.7. The molecular weight excluding hydrogens is 176 g/mol. The Morgan fingerprint density at radius 1 is 1.43 bits per heavy atom. The molecule has 1 rings (SSSR count). The van der Waals surface area contributed by atoms with Crippen LogP contribution in [0.5, 0.6) is 0 Å². The minimum atomic E-state index is -0.0584. The van der Waals surface area contributed by atoms with Gasteiger partial charge in [-0.25, -0.2) is 4.98 Å². The molecule has 0 unspecified atom stereocenters. The van der Waals surface area contributed by atoms with Crippen LogP contribution in [0.1, 0.15) is 22.4 Å². The van der Waals surface area contributed by atoms with Gasteiger partial charge < -0.3 is 10.4 Å². The lowest BCUT2D eigenvalue weighted by Crippen LogP contribution is -2.05. The van der Waals surface area contributed by atoms with Crippen molar-refractivity contribution in [2.24, 2.45) is 0 Å². The molecule has 0 atom stereocenters.